The maximum Gasteiger partial charge on any atom is 0.0461 e. The molecule has 16 heavy (non-hydrogen) atoms. The van der Waals surface area contributed by atoms with Crippen molar-refractivity contribution in [1.82, 2.24) is 0 Å². The molecule has 0 fully saturated rings. The molecule has 2 rings (SSSR count). The molecule has 0 bridgehead atoms. The standard InChI is InChI=1S/C15H15N/c1-3-7-12(2)16-15-11-6-9-13-8-4-5-10-14(13)15/h3-11,16H,1H2,2H3/b12-7+. The van der Waals surface area contributed by atoms with E-state index in [0.717, 1.165) is 11.4 Å². The van der Waals surface area contributed by atoms with Crippen LogP contribution in [0.5, 0.6) is 0 Å². The number of anilines is 1. The van der Waals surface area contributed by atoms with Crippen LogP contribution in [0.3, 0.4) is 0 Å². The minimum atomic E-state index is 1.09. The molecule has 1 heteroatoms. The second-order valence-electron chi connectivity index (χ2n) is 3.74. The van der Waals surface area contributed by atoms with Crippen molar-refractivity contribution in [1.29, 1.82) is 0 Å². The summed E-state index contributed by atoms with van der Waals surface area (Å²) in [6.07, 6.45) is 3.75. The Labute approximate surface area is 96.1 Å². The summed E-state index contributed by atoms with van der Waals surface area (Å²) in [5, 5.41) is 5.86. The number of hydrogen-bond acceptors (Lipinski definition) is 1. The quantitative estimate of drug-likeness (QED) is 0.741. The summed E-state index contributed by atoms with van der Waals surface area (Å²) in [5.74, 6) is 0. The molecule has 0 aromatic heterocycles. The van der Waals surface area contributed by atoms with Gasteiger partial charge in [0.15, 0.2) is 0 Å². The number of benzene rings is 2. The molecule has 0 saturated heterocycles. The first-order valence-corrected chi connectivity index (χ1v) is 5.35. The summed E-state index contributed by atoms with van der Waals surface area (Å²) in [4.78, 5) is 0. The van der Waals surface area contributed by atoms with Gasteiger partial charge in [0.2, 0.25) is 0 Å². The first-order valence-electron chi connectivity index (χ1n) is 5.35. The van der Waals surface area contributed by atoms with Gasteiger partial charge in [-0.15, -0.1) is 0 Å². The molecule has 0 heterocycles. The highest BCUT2D eigenvalue weighted by atomic mass is 14.9. The normalized spacial score (nSPS) is 11.4. The topological polar surface area (TPSA) is 12.0 Å². The van der Waals surface area contributed by atoms with Gasteiger partial charge in [-0.3, -0.25) is 0 Å². The molecule has 0 spiro atoms. The largest absolute Gasteiger partial charge is 0.359 e. The molecule has 1 nitrogen and oxygen atoms in total. The third kappa shape index (κ3) is 2.14. The third-order valence-electron chi connectivity index (χ3n) is 2.49. The smallest absolute Gasteiger partial charge is 0.0461 e. The average molecular weight is 209 g/mol. The van der Waals surface area contributed by atoms with E-state index < -0.39 is 0 Å². The van der Waals surface area contributed by atoms with E-state index in [1.807, 2.05) is 13.0 Å². The molecule has 1 N–H and O–H groups in total. The molecule has 80 valence electrons. The van der Waals surface area contributed by atoms with Crippen molar-refractivity contribution in [2.45, 2.75) is 6.92 Å². The molecule has 0 aliphatic carbocycles. The van der Waals surface area contributed by atoms with Gasteiger partial charge < -0.3 is 5.32 Å². The fourth-order valence-electron chi connectivity index (χ4n) is 1.77. The van der Waals surface area contributed by atoms with Crippen molar-refractivity contribution >= 4 is 16.5 Å². The van der Waals surface area contributed by atoms with Crippen molar-refractivity contribution in [2.75, 3.05) is 5.32 Å². The van der Waals surface area contributed by atoms with Gasteiger partial charge in [0, 0.05) is 16.8 Å². The van der Waals surface area contributed by atoms with E-state index in [2.05, 4.69) is 54.4 Å². The third-order valence-corrected chi connectivity index (χ3v) is 2.49. The van der Waals surface area contributed by atoms with E-state index in [9.17, 15) is 0 Å². The zero-order chi connectivity index (χ0) is 11.4. The predicted molar refractivity (Wildman–Crippen MR) is 71.5 cm³/mol. The zero-order valence-electron chi connectivity index (χ0n) is 9.40. The summed E-state index contributed by atoms with van der Waals surface area (Å²) in [6.45, 7) is 5.72. The number of fused-ring (bicyclic) bond motifs is 1. The second-order valence-corrected chi connectivity index (χ2v) is 3.74. The molecular formula is C15H15N. The molecule has 0 unspecified atom stereocenters. The van der Waals surface area contributed by atoms with E-state index in [4.69, 9.17) is 0 Å². The number of hydrogen-bond donors (Lipinski definition) is 1. The maximum atomic E-state index is 3.69. The van der Waals surface area contributed by atoms with Gasteiger partial charge in [-0.05, 0) is 24.5 Å². The lowest BCUT2D eigenvalue weighted by Gasteiger charge is -2.09. The van der Waals surface area contributed by atoms with Gasteiger partial charge in [-0.2, -0.15) is 0 Å². The van der Waals surface area contributed by atoms with Crippen LogP contribution in [0, 0.1) is 0 Å². The predicted octanol–water partition coefficient (Wildman–Crippen LogP) is 4.34. The van der Waals surface area contributed by atoms with Crippen molar-refractivity contribution in [3.63, 3.8) is 0 Å². The molecule has 0 saturated carbocycles. The van der Waals surface area contributed by atoms with Gasteiger partial charge in [-0.1, -0.05) is 49.1 Å². The Morgan fingerprint density at radius 3 is 2.69 bits per heavy atom. The Morgan fingerprint density at radius 1 is 1.12 bits per heavy atom. The van der Waals surface area contributed by atoms with E-state index in [0.29, 0.717) is 0 Å². The fraction of sp³-hybridized carbons (Fsp3) is 0.0667. The Bertz CT molecular complexity index is 533. The second kappa shape index (κ2) is 4.67. The fourth-order valence-corrected chi connectivity index (χ4v) is 1.77. The summed E-state index contributed by atoms with van der Waals surface area (Å²) < 4.78 is 0. The lowest BCUT2D eigenvalue weighted by atomic mass is 10.1. The molecule has 2 aromatic carbocycles. The highest BCUT2D eigenvalue weighted by Gasteiger charge is 1.98. The zero-order valence-corrected chi connectivity index (χ0v) is 9.40. The molecule has 0 aliphatic rings. The SMILES string of the molecule is C=C/C=C(\C)Nc1cccc2ccccc12. The Morgan fingerprint density at radius 2 is 1.88 bits per heavy atom. The highest BCUT2D eigenvalue weighted by Crippen LogP contribution is 2.23. The van der Waals surface area contributed by atoms with Crippen LogP contribution in [-0.2, 0) is 0 Å². The molecule has 0 aliphatic heterocycles. The van der Waals surface area contributed by atoms with Crippen LogP contribution in [-0.4, -0.2) is 0 Å². The minimum absolute atomic E-state index is 1.09. The first-order chi connectivity index (χ1) is 7.81. The minimum Gasteiger partial charge on any atom is -0.359 e. The van der Waals surface area contributed by atoms with E-state index >= 15 is 0 Å². The van der Waals surface area contributed by atoms with Crippen LogP contribution in [0.1, 0.15) is 6.92 Å². The number of rotatable bonds is 3. The maximum absolute atomic E-state index is 3.69. The summed E-state index contributed by atoms with van der Waals surface area (Å²) >= 11 is 0. The number of nitrogens with one attached hydrogen (secondary N) is 1. The van der Waals surface area contributed by atoms with E-state index in [1.54, 1.807) is 6.08 Å². The molecule has 2 aromatic rings. The van der Waals surface area contributed by atoms with Crippen LogP contribution in [0.4, 0.5) is 5.69 Å². The van der Waals surface area contributed by atoms with Crippen LogP contribution in [0.2, 0.25) is 0 Å². The van der Waals surface area contributed by atoms with Crippen molar-refractivity contribution in [3.05, 3.63) is 66.9 Å². The molecule has 0 amide bonds. The number of allylic oxidation sites excluding steroid dienone is 3. The summed E-state index contributed by atoms with van der Waals surface area (Å²) in [5.41, 5.74) is 2.22. The highest BCUT2D eigenvalue weighted by molar-refractivity contribution is 5.94. The van der Waals surface area contributed by atoms with E-state index in [-0.39, 0.29) is 0 Å². The van der Waals surface area contributed by atoms with Gasteiger partial charge in [0.1, 0.15) is 0 Å². The van der Waals surface area contributed by atoms with Gasteiger partial charge >= 0.3 is 0 Å². The summed E-state index contributed by atoms with van der Waals surface area (Å²) in [7, 11) is 0. The Balaban J connectivity index is 2.44. The first kappa shape index (κ1) is 10.5. The van der Waals surface area contributed by atoms with Crippen molar-refractivity contribution < 1.29 is 0 Å². The lowest BCUT2D eigenvalue weighted by molar-refractivity contribution is 1.39. The van der Waals surface area contributed by atoms with Gasteiger partial charge in [0.25, 0.3) is 0 Å². The molecule has 0 radical (unpaired) electrons. The van der Waals surface area contributed by atoms with Crippen LogP contribution >= 0.6 is 0 Å². The van der Waals surface area contributed by atoms with E-state index in [1.165, 1.54) is 10.8 Å². The van der Waals surface area contributed by atoms with Crippen LogP contribution in [0.25, 0.3) is 10.8 Å². The van der Waals surface area contributed by atoms with Gasteiger partial charge in [0.05, 0.1) is 0 Å². The monoisotopic (exact) mass is 209 g/mol. The lowest BCUT2D eigenvalue weighted by Crippen LogP contribution is -1.95. The van der Waals surface area contributed by atoms with Gasteiger partial charge in [-0.25, -0.2) is 0 Å². The van der Waals surface area contributed by atoms with Crippen LogP contribution in [0.15, 0.2) is 66.9 Å². The average Bonchev–Trinajstić information content (AvgIpc) is 2.30. The van der Waals surface area contributed by atoms with Crippen molar-refractivity contribution in [2.24, 2.45) is 0 Å². The Hall–Kier alpha value is -2.02. The van der Waals surface area contributed by atoms with Crippen molar-refractivity contribution in [3.8, 4) is 0 Å². The van der Waals surface area contributed by atoms with Crippen LogP contribution < -0.4 is 5.32 Å². The molecule has 0 atom stereocenters. The summed E-state index contributed by atoms with van der Waals surface area (Å²) in [6, 6.07) is 14.6. The Kier molecular flexibility index (Phi) is 3.06. The molecular weight excluding hydrogens is 194 g/mol.